The maximum atomic E-state index is 6.19. The van der Waals surface area contributed by atoms with Gasteiger partial charge in [0.15, 0.2) is 0 Å². The van der Waals surface area contributed by atoms with E-state index in [0.717, 1.165) is 29.0 Å². The average Bonchev–Trinajstić information content (AvgIpc) is 2.30. The Bertz CT molecular complexity index is 523. The van der Waals surface area contributed by atoms with Crippen molar-refractivity contribution < 1.29 is 0 Å². The zero-order chi connectivity index (χ0) is 12.3. The van der Waals surface area contributed by atoms with Gasteiger partial charge in [0.05, 0.1) is 0 Å². The number of anilines is 1. The number of nitrogens with two attached hydrogens (primary N) is 1. The second kappa shape index (κ2) is 5.19. The number of nitrogens with zero attached hydrogens (tertiary/aromatic N) is 1. The second-order valence-electron chi connectivity index (χ2n) is 4.14. The minimum atomic E-state index is 0.607. The molecular weight excluding hydrogens is 232 g/mol. The van der Waals surface area contributed by atoms with Crippen molar-refractivity contribution in [1.82, 2.24) is 4.98 Å². The van der Waals surface area contributed by atoms with Gasteiger partial charge in [-0.2, -0.15) is 0 Å². The summed E-state index contributed by atoms with van der Waals surface area (Å²) >= 11 is 6.19. The summed E-state index contributed by atoms with van der Waals surface area (Å²) in [5, 5.41) is 0.826. The van der Waals surface area contributed by atoms with Gasteiger partial charge in [-0.1, -0.05) is 29.8 Å². The largest absolute Gasteiger partial charge is 0.383 e. The quantitative estimate of drug-likeness (QED) is 0.902. The molecule has 2 aromatic rings. The van der Waals surface area contributed by atoms with Gasteiger partial charge in [0.2, 0.25) is 0 Å². The Balaban J connectivity index is 2.10. The first-order chi connectivity index (χ1) is 8.16. The molecule has 0 radical (unpaired) electrons. The Morgan fingerprint density at radius 1 is 1.18 bits per heavy atom. The Hall–Kier alpha value is -1.54. The van der Waals surface area contributed by atoms with E-state index in [1.165, 1.54) is 5.56 Å². The van der Waals surface area contributed by atoms with Crippen LogP contribution in [-0.4, -0.2) is 4.98 Å². The van der Waals surface area contributed by atoms with Crippen LogP contribution in [0.2, 0.25) is 5.02 Å². The van der Waals surface area contributed by atoms with Crippen LogP contribution in [-0.2, 0) is 12.8 Å². The van der Waals surface area contributed by atoms with E-state index >= 15 is 0 Å². The van der Waals surface area contributed by atoms with E-state index in [0.29, 0.717) is 5.82 Å². The number of hydrogen-bond donors (Lipinski definition) is 1. The summed E-state index contributed by atoms with van der Waals surface area (Å²) in [4.78, 5) is 4.07. The van der Waals surface area contributed by atoms with Crippen LogP contribution in [0.4, 0.5) is 5.82 Å². The number of benzene rings is 1. The molecule has 0 saturated heterocycles. The molecule has 0 aliphatic carbocycles. The molecule has 1 aromatic heterocycles. The molecule has 17 heavy (non-hydrogen) atoms. The highest BCUT2D eigenvalue weighted by atomic mass is 35.5. The van der Waals surface area contributed by atoms with E-state index in [1.54, 1.807) is 6.20 Å². The first kappa shape index (κ1) is 11.9. The number of aryl methyl sites for hydroxylation is 3. The van der Waals surface area contributed by atoms with Crippen molar-refractivity contribution in [3.05, 3.63) is 58.2 Å². The number of aromatic nitrogens is 1. The van der Waals surface area contributed by atoms with Gasteiger partial charge in [-0.05, 0) is 48.6 Å². The van der Waals surface area contributed by atoms with E-state index in [4.69, 9.17) is 17.3 Å². The number of nitrogen functional groups attached to an aromatic ring is 1. The summed E-state index contributed by atoms with van der Waals surface area (Å²) in [5.74, 6) is 0.607. The number of halogens is 1. The van der Waals surface area contributed by atoms with Gasteiger partial charge in [0, 0.05) is 11.2 Å². The Labute approximate surface area is 106 Å². The lowest BCUT2D eigenvalue weighted by atomic mass is 10.0. The maximum Gasteiger partial charge on any atom is 0.126 e. The zero-order valence-electron chi connectivity index (χ0n) is 9.78. The second-order valence-corrected chi connectivity index (χ2v) is 4.55. The highest BCUT2D eigenvalue weighted by Crippen LogP contribution is 2.20. The van der Waals surface area contributed by atoms with Crippen LogP contribution in [0.15, 0.2) is 36.5 Å². The molecule has 0 amide bonds. The molecule has 0 bridgehead atoms. The highest BCUT2D eigenvalue weighted by molar-refractivity contribution is 6.31. The summed E-state index contributed by atoms with van der Waals surface area (Å²) in [5.41, 5.74) is 9.21. The molecule has 2 N–H and O–H groups in total. The summed E-state index contributed by atoms with van der Waals surface area (Å²) < 4.78 is 0. The molecule has 1 aromatic carbocycles. The molecule has 88 valence electrons. The monoisotopic (exact) mass is 246 g/mol. The summed E-state index contributed by atoms with van der Waals surface area (Å²) in [6.07, 6.45) is 3.45. The van der Waals surface area contributed by atoms with Crippen molar-refractivity contribution >= 4 is 17.4 Å². The molecule has 2 rings (SSSR count). The van der Waals surface area contributed by atoms with E-state index in [9.17, 15) is 0 Å². The third-order valence-corrected chi connectivity index (χ3v) is 3.15. The maximum absolute atomic E-state index is 6.19. The molecule has 0 atom stereocenters. The van der Waals surface area contributed by atoms with Gasteiger partial charge in [-0.25, -0.2) is 4.98 Å². The van der Waals surface area contributed by atoms with E-state index in [-0.39, 0.29) is 0 Å². The fourth-order valence-corrected chi connectivity index (χ4v) is 2.12. The van der Waals surface area contributed by atoms with Crippen molar-refractivity contribution in [2.75, 3.05) is 5.73 Å². The summed E-state index contributed by atoms with van der Waals surface area (Å²) in [6.45, 7) is 2.04. The molecule has 0 fully saturated rings. The Kier molecular flexibility index (Phi) is 3.64. The predicted molar refractivity (Wildman–Crippen MR) is 72.2 cm³/mol. The average molecular weight is 247 g/mol. The van der Waals surface area contributed by atoms with Crippen LogP contribution in [0.3, 0.4) is 0 Å². The molecule has 0 unspecified atom stereocenters. The number of hydrogen-bond acceptors (Lipinski definition) is 2. The van der Waals surface area contributed by atoms with E-state index < -0.39 is 0 Å². The molecule has 1 heterocycles. The van der Waals surface area contributed by atoms with Crippen LogP contribution >= 0.6 is 11.6 Å². The van der Waals surface area contributed by atoms with Crippen molar-refractivity contribution in [2.24, 2.45) is 0 Å². The molecule has 0 aliphatic heterocycles. The van der Waals surface area contributed by atoms with Crippen molar-refractivity contribution in [3.63, 3.8) is 0 Å². The van der Waals surface area contributed by atoms with Gasteiger partial charge >= 0.3 is 0 Å². The molecule has 2 nitrogen and oxygen atoms in total. The van der Waals surface area contributed by atoms with Crippen molar-refractivity contribution in [1.29, 1.82) is 0 Å². The summed E-state index contributed by atoms with van der Waals surface area (Å²) in [7, 11) is 0. The molecular formula is C14H15ClN2. The number of pyridine rings is 1. The van der Waals surface area contributed by atoms with Gasteiger partial charge in [0.1, 0.15) is 5.82 Å². The third-order valence-electron chi connectivity index (χ3n) is 2.80. The van der Waals surface area contributed by atoms with E-state index in [1.807, 2.05) is 25.1 Å². The van der Waals surface area contributed by atoms with Crippen LogP contribution in [0.25, 0.3) is 0 Å². The topological polar surface area (TPSA) is 38.9 Å². The molecule has 0 spiro atoms. The van der Waals surface area contributed by atoms with Crippen LogP contribution in [0, 0.1) is 6.92 Å². The first-order valence-electron chi connectivity index (χ1n) is 5.61. The molecule has 3 heteroatoms. The van der Waals surface area contributed by atoms with Crippen LogP contribution < -0.4 is 5.73 Å². The predicted octanol–water partition coefficient (Wildman–Crippen LogP) is 3.41. The van der Waals surface area contributed by atoms with Crippen LogP contribution in [0.5, 0.6) is 0 Å². The molecule has 0 aliphatic rings. The smallest absolute Gasteiger partial charge is 0.126 e. The first-order valence-corrected chi connectivity index (χ1v) is 5.99. The van der Waals surface area contributed by atoms with Gasteiger partial charge in [-0.15, -0.1) is 0 Å². The fourth-order valence-electron chi connectivity index (χ4n) is 1.79. The minimum absolute atomic E-state index is 0.607. The normalized spacial score (nSPS) is 10.5. The van der Waals surface area contributed by atoms with Crippen molar-refractivity contribution in [3.8, 4) is 0 Å². The Morgan fingerprint density at radius 2 is 1.94 bits per heavy atom. The standard InChI is InChI=1S/C14H15ClN2/c1-10-4-5-11(13(15)9-10)6-7-12-3-2-8-17-14(12)16/h2-5,8-9H,6-7H2,1H3,(H2,16,17). The lowest BCUT2D eigenvalue weighted by Gasteiger charge is -2.07. The highest BCUT2D eigenvalue weighted by Gasteiger charge is 2.03. The Morgan fingerprint density at radius 3 is 2.65 bits per heavy atom. The van der Waals surface area contributed by atoms with Crippen molar-refractivity contribution in [2.45, 2.75) is 19.8 Å². The fraction of sp³-hybridized carbons (Fsp3) is 0.214. The van der Waals surface area contributed by atoms with Crippen LogP contribution in [0.1, 0.15) is 16.7 Å². The summed E-state index contributed by atoms with van der Waals surface area (Å²) in [6, 6.07) is 10.0. The lowest BCUT2D eigenvalue weighted by Crippen LogP contribution is -1.99. The molecule has 0 saturated carbocycles. The van der Waals surface area contributed by atoms with Gasteiger partial charge < -0.3 is 5.73 Å². The minimum Gasteiger partial charge on any atom is -0.383 e. The van der Waals surface area contributed by atoms with E-state index in [2.05, 4.69) is 17.1 Å². The zero-order valence-corrected chi connectivity index (χ0v) is 10.5. The number of rotatable bonds is 3. The SMILES string of the molecule is Cc1ccc(CCc2cccnc2N)c(Cl)c1. The lowest BCUT2D eigenvalue weighted by molar-refractivity contribution is 0.954. The van der Waals surface area contributed by atoms with Gasteiger partial charge in [-0.3, -0.25) is 0 Å². The van der Waals surface area contributed by atoms with Gasteiger partial charge in [0.25, 0.3) is 0 Å². The third kappa shape index (κ3) is 2.98.